The second-order valence-corrected chi connectivity index (χ2v) is 6.44. The highest BCUT2D eigenvalue weighted by Gasteiger charge is 2.18. The first-order valence-corrected chi connectivity index (χ1v) is 7.77. The van der Waals surface area contributed by atoms with Gasteiger partial charge in [-0.05, 0) is 49.2 Å². The fourth-order valence-corrected chi connectivity index (χ4v) is 3.11. The summed E-state index contributed by atoms with van der Waals surface area (Å²) in [6.07, 6.45) is 2.06. The van der Waals surface area contributed by atoms with Crippen LogP contribution in [-0.4, -0.2) is 15.0 Å². The van der Waals surface area contributed by atoms with Crippen LogP contribution in [0.1, 0.15) is 16.9 Å². The molecule has 2 rings (SSSR count). The molecular weight excluding hydrogens is 276 g/mol. The standard InChI is InChI=1S/C14H18N2O3S/c1-10-8-13(15)14(9-11(10)2)20(17,18)16-6-5-12-4-3-7-19-12/h3-4,7-9,16H,5-6,15H2,1-2H3. The third kappa shape index (κ3) is 3.20. The first-order chi connectivity index (χ1) is 9.40. The maximum Gasteiger partial charge on any atom is 0.242 e. The number of rotatable bonds is 5. The molecule has 0 bridgehead atoms. The van der Waals surface area contributed by atoms with Crippen molar-refractivity contribution in [2.75, 3.05) is 12.3 Å². The van der Waals surface area contributed by atoms with Crippen molar-refractivity contribution < 1.29 is 12.8 Å². The van der Waals surface area contributed by atoms with Gasteiger partial charge in [-0.15, -0.1) is 0 Å². The van der Waals surface area contributed by atoms with Gasteiger partial charge in [0, 0.05) is 13.0 Å². The summed E-state index contributed by atoms with van der Waals surface area (Å²) in [7, 11) is -3.60. The number of nitrogen functional groups attached to an aromatic ring is 1. The second-order valence-electron chi connectivity index (χ2n) is 4.70. The second kappa shape index (κ2) is 5.68. The predicted molar refractivity (Wildman–Crippen MR) is 77.9 cm³/mol. The quantitative estimate of drug-likeness (QED) is 0.826. The monoisotopic (exact) mass is 294 g/mol. The number of nitrogens with two attached hydrogens (primary N) is 1. The minimum absolute atomic E-state index is 0.125. The van der Waals surface area contributed by atoms with Crippen molar-refractivity contribution in [2.24, 2.45) is 0 Å². The first kappa shape index (κ1) is 14.6. The molecule has 1 aromatic heterocycles. The summed E-state index contributed by atoms with van der Waals surface area (Å²) < 4.78 is 32.1. The van der Waals surface area contributed by atoms with Crippen molar-refractivity contribution in [1.82, 2.24) is 4.72 Å². The van der Waals surface area contributed by atoms with Crippen LogP contribution in [0, 0.1) is 13.8 Å². The normalized spacial score (nSPS) is 11.7. The summed E-state index contributed by atoms with van der Waals surface area (Å²) >= 11 is 0. The van der Waals surface area contributed by atoms with Crippen molar-refractivity contribution >= 4 is 15.7 Å². The van der Waals surface area contributed by atoms with Crippen molar-refractivity contribution in [1.29, 1.82) is 0 Å². The lowest BCUT2D eigenvalue weighted by atomic mass is 10.1. The molecule has 0 aliphatic heterocycles. The zero-order valence-corrected chi connectivity index (χ0v) is 12.3. The molecule has 0 fully saturated rings. The van der Waals surface area contributed by atoms with Crippen LogP contribution in [0.25, 0.3) is 0 Å². The summed E-state index contributed by atoms with van der Waals surface area (Å²) in [4.78, 5) is 0.125. The molecule has 6 heteroatoms. The maximum atomic E-state index is 12.2. The molecule has 1 heterocycles. The first-order valence-electron chi connectivity index (χ1n) is 6.29. The van der Waals surface area contributed by atoms with E-state index in [1.807, 2.05) is 13.8 Å². The highest BCUT2D eigenvalue weighted by atomic mass is 32.2. The van der Waals surface area contributed by atoms with Gasteiger partial charge in [0.05, 0.1) is 12.0 Å². The summed E-state index contributed by atoms with van der Waals surface area (Å²) in [5.74, 6) is 0.737. The van der Waals surface area contributed by atoms with Crippen molar-refractivity contribution in [2.45, 2.75) is 25.2 Å². The van der Waals surface area contributed by atoms with Gasteiger partial charge in [0.25, 0.3) is 0 Å². The molecule has 0 spiro atoms. The number of furan rings is 1. The number of nitrogens with one attached hydrogen (secondary N) is 1. The molecule has 20 heavy (non-hydrogen) atoms. The van der Waals surface area contributed by atoms with Crippen LogP contribution in [0.4, 0.5) is 5.69 Å². The molecule has 0 unspecified atom stereocenters. The Morgan fingerprint density at radius 2 is 1.95 bits per heavy atom. The third-order valence-electron chi connectivity index (χ3n) is 3.16. The van der Waals surface area contributed by atoms with E-state index < -0.39 is 10.0 Å². The summed E-state index contributed by atoms with van der Waals surface area (Å²) in [5, 5.41) is 0. The molecule has 0 aliphatic carbocycles. The molecule has 0 saturated carbocycles. The van der Waals surface area contributed by atoms with E-state index in [9.17, 15) is 8.42 Å². The van der Waals surface area contributed by atoms with Crippen LogP contribution in [0.2, 0.25) is 0 Å². The number of anilines is 1. The van der Waals surface area contributed by atoms with Gasteiger partial charge in [0.2, 0.25) is 10.0 Å². The van der Waals surface area contributed by atoms with Gasteiger partial charge in [-0.3, -0.25) is 0 Å². The van der Waals surface area contributed by atoms with Gasteiger partial charge in [-0.2, -0.15) is 0 Å². The molecule has 0 aliphatic rings. The smallest absolute Gasteiger partial charge is 0.242 e. The van der Waals surface area contributed by atoms with Gasteiger partial charge in [0.1, 0.15) is 10.7 Å². The number of aryl methyl sites for hydroxylation is 2. The van der Waals surface area contributed by atoms with Gasteiger partial charge in [0.15, 0.2) is 0 Å². The fourth-order valence-electron chi connectivity index (χ4n) is 1.89. The minimum atomic E-state index is -3.60. The molecule has 0 amide bonds. The average Bonchev–Trinajstić information content (AvgIpc) is 2.86. The van der Waals surface area contributed by atoms with Crippen LogP contribution < -0.4 is 10.5 Å². The van der Waals surface area contributed by atoms with E-state index in [-0.39, 0.29) is 17.1 Å². The lowest BCUT2D eigenvalue weighted by Crippen LogP contribution is -2.26. The van der Waals surface area contributed by atoms with E-state index in [1.54, 1.807) is 30.5 Å². The fraction of sp³-hybridized carbons (Fsp3) is 0.286. The predicted octanol–water partition coefficient (Wildman–Crippen LogP) is 2.00. The Morgan fingerprint density at radius 3 is 2.60 bits per heavy atom. The number of benzene rings is 1. The Hall–Kier alpha value is -1.79. The Labute approximate surface area is 118 Å². The molecule has 2 aromatic rings. The van der Waals surface area contributed by atoms with E-state index >= 15 is 0 Å². The van der Waals surface area contributed by atoms with Gasteiger partial charge >= 0.3 is 0 Å². The van der Waals surface area contributed by atoms with E-state index in [0.717, 1.165) is 16.9 Å². The number of hydrogen-bond acceptors (Lipinski definition) is 4. The Morgan fingerprint density at radius 1 is 1.25 bits per heavy atom. The molecule has 0 saturated heterocycles. The lowest BCUT2D eigenvalue weighted by Gasteiger charge is -2.11. The van der Waals surface area contributed by atoms with Crippen molar-refractivity contribution in [3.63, 3.8) is 0 Å². The average molecular weight is 294 g/mol. The Balaban J connectivity index is 2.12. The minimum Gasteiger partial charge on any atom is -0.469 e. The molecule has 108 valence electrons. The zero-order chi connectivity index (χ0) is 14.8. The van der Waals surface area contributed by atoms with Gasteiger partial charge < -0.3 is 10.2 Å². The van der Waals surface area contributed by atoms with E-state index in [0.29, 0.717) is 6.42 Å². The van der Waals surface area contributed by atoms with E-state index in [1.165, 1.54) is 0 Å². The summed E-state index contributed by atoms with van der Waals surface area (Å²) in [6.45, 7) is 4.02. The third-order valence-corrected chi connectivity index (χ3v) is 4.68. The molecule has 3 N–H and O–H groups in total. The van der Waals surface area contributed by atoms with E-state index in [4.69, 9.17) is 10.2 Å². The van der Waals surface area contributed by atoms with Gasteiger partial charge in [-0.1, -0.05) is 0 Å². The lowest BCUT2D eigenvalue weighted by molar-refractivity contribution is 0.506. The van der Waals surface area contributed by atoms with Gasteiger partial charge in [-0.25, -0.2) is 13.1 Å². The highest BCUT2D eigenvalue weighted by Crippen LogP contribution is 2.22. The molecule has 0 atom stereocenters. The largest absolute Gasteiger partial charge is 0.469 e. The van der Waals surface area contributed by atoms with Crippen LogP contribution >= 0.6 is 0 Å². The summed E-state index contributed by atoms with van der Waals surface area (Å²) in [5.41, 5.74) is 7.93. The number of hydrogen-bond donors (Lipinski definition) is 2. The van der Waals surface area contributed by atoms with Crippen LogP contribution in [0.15, 0.2) is 39.8 Å². The molecular formula is C14H18N2O3S. The Kier molecular flexibility index (Phi) is 4.15. The summed E-state index contributed by atoms with van der Waals surface area (Å²) in [6, 6.07) is 6.85. The topological polar surface area (TPSA) is 85.3 Å². The molecule has 1 aromatic carbocycles. The molecule has 0 radical (unpaired) electrons. The highest BCUT2D eigenvalue weighted by molar-refractivity contribution is 7.89. The molecule has 5 nitrogen and oxygen atoms in total. The maximum absolute atomic E-state index is 12.2. The van der Waals surface area contributed by atoms with Crippen molar-refractivity contribution in [3.8, 4) is 0 Å². The van der Waals surface area contributed by atoms with Crippen LogP contribution in [0.5, 0.6) is 0 Å². The zero-order valence-electron chi connectivity index (χ0n) is 11.5. The van der Waals surface area contributed by atoms with Crippen molar-refractivity contribution in [3.05, 3.63) is 47.4 Å². The van der Waals surface area contributed by atoms with Crippen LogP contribution in [-0.2, 0) is 16.4 Å². The van der Waals surface area contributed by atoms with E-state index in [2.05, 4.69) is 4.72 Å². The SMILES string of the molecule is Cc1cc(N)c(S(=O)(=O)NCCc2ccco2)cc1C. The number of sulfonamides is 1. The Bertz CT molecular complexity index is 691. The van der Waals surface area contributed by atoms with Crippen LogP contribution in [0.3, 0.4) is 0 Å².